The highest BCUT2D eigenvalue weighted by Gasteiger charge is 2.18. The number of thioether (sulfide) groups is 1. The predicted octanol–water partition coefficient (Wildman–Crippen LogP) is 0.639. The average Bonchev–Trinajstić information content (AvgIpc) is 2.87. The number of hydrogen-bond donors (Lipinski definition) is 1. The van der Waals surface area contributed by atoms with Crippen LogP contribution in [0, 0.1) is 19.8 Å². The average molecular weight is 327 g/mol. The molecule has 0 aliphatic heterocycles. The third kappa shape index (κ3) is 4.73. The van der Waals surface area contributed by atoms with Crippen molar-refractivity contribution < 1.29 is 16.8 Å². The zero-order valence-corrected chi connectivity index (χ0v) is 14.3. The lowest BCUT2D eigenvalue weighted by Gasteiger charge is -2.09. The Balaban J connectivity index is 0.00000220. The third-order valence-corrected chi connectivity index (χ3v) is 4.15. The summed E-state index contributed by atoms with van der Waals surface area (Å²) in [7, 11) is 0. The molecule has 0 unspecified atom stereocenters. The number of aryl methyl sites for hydroxylation is 2. The lowest BCUT2D eigenvalue weighted by atomic mass is 10.1. The summed E-state index contributed by atoms with van der Waals surface area (Å²) in [5.74, 6) is 1.63. The van der Waals surface area contributed by atoms with Crippen LogP contribution in [-0.2, 0) is 5.75 Å². The molecule has 0 aliphatic rings. The summed E-state index contributed by atoms with van der Waals surface area (Å²) in [6, 6.07) is 6.26. The maximum absolute atomic E-state index is 6.00. The number of aromatic nitrogens is 2. The highest BCUT2D eigenvalue weighted by molar-refractivity contribution is 7.98. The summed E-state index contributed by atoms with van der Waals surface area (Å²) < 4.78 is 5.61. The van der Waals surface area contributed by atoms with E-state index in [9.17, 15) is 0 Å². The number of hydrogen-bond acceptors (Lipinski definition) is 5. The zero-order valence-electron chi connectivity index (χ0n) is 12.8. The van der Waals surface area contributed by atoms with Crippen LogP contribution in [0.2, 0.25) is 0 Å². The molecule has 1 aromatic carbocycles. The van der Waals surface area contributed by atoms with Crippen LogP contribution in [0.5, 0.6) is 0 Å². The molecule has 21 heavy (non-hydrogen) atoms. The van der Waals surface area contributed by atoms with Crippen LogP contribution in [0.25, 0.3) is 0 Å². The number of benzene rings is 1. The minimum absolute atomic E-state index is 0. The fourth-order valence-electron chi connectivity index (χ4n) is 1.79. The molecule has 6 heteroatoms. The highest BCUT2D eigenvalue weighted by atomic mass is 35.5. The van der Waals surface area contributed by atoms with E-state index < -0.39 is 0 Å². The van der Waals surface area contributed by atoms with E-state index in [2.05, 4.69) is 42.2 Å². The van der Waals surface area contributed by atoms with Gasteiger partial charge in [-0.25, -0.2) is 0 Å². The normalized spacial score (nSPS) is 12.3. The van der Waals surface area contributed by atoms with Gasteiger partial charge in [0.1, 0.15) is 0 Å². The molecule has 0 bridgehead atoms. The van der Waals surface area contributed by atoms with Gasteiger partial charge in [-0.3, -0.25) is 0 Å². The van der Waals surface area contributed by atoms with Gasteiger partial charge in [0.05, 0.1) is 6.04 Å². The largest absolute Gasteiger partial charge is 1.00 e. The first-order valence-corrected chi connectivity index (χ1v) is 7.74. The number of rotatable bonds is 5. The van der Waals surface area contributed by atoms with Crippen molar-refractivity contribution in [3.8, 4) is 0 Å². The van der Waals surface area contributed by atoms with Crippen molar-refractivity contribution in [2.24, 2.45) is 11.7 Å². The van der Waals surface area contributed by atoms with Crippen molar-refractivity contribution in [1.82, 2.24) is 10.2 Å². The molecule has 2 rings (SSSR count). The maximum Gasteiger partial charge on any atom is 0.276 e. The molecule has 1 atom stereocenters. The monoisotopic (exact) mass is 326 g/mol. The molecule has 0 spiro atoms. The Morgan fingerprint density at radius 2 is 1.95 bits per heavy atom. The molecule has 0 saturated carbocycles. The van der Waals surface area contributed by atoms with Crippen LogP contribution in [0.1, 0.15) is 42.5 Å². The van der Waals surface area contributed by atoms with E-state index in [-0.39, 0.29) is 24.4 Å². The molecule has 0 fully saturated rings. The molecule has 1 heterocycles. The highest BCUT2D eigenvalue weighted by Crippen LogP contribution is 2.26. The summed E-state index contributed by atoms with van der Waals surface area (Å²) in [6.07, 6.45) is 0. The van der Waals surface area contributed by atoms with E-state index in [1.165, 1.54) is 16.7 Å². The van der Waals surface area contributed by atoms with Crippen molar-refractivity contribution >= 4 is 11.8 Å². The van der Waals surface area contributed by atoms with Crippen LogP contribution in [0.4, 0.5) is 0 Å². The molecule has 2 aromatic rings. The first kappa shape index (κ1) is 18.0. The molecule has 4 nitrogen and oxygen atoms in total. The van der Waals surface area contributed by atoms with E-state index in [0.29, 0.717) is 11.1 Å². The summed E-state index contributed by atoms with van der Waals surface area (Å²) in [6.45, 7) is 8.29. The van der Waals surface area contributed by atoms with Gasteiger partial charge in [-0.15, -0.1) is 10.2 Å². The van der Waals surface area contributed by atoms with E-state index in [0.717, 1.165) is 5.75 Å². The van der Waals surface area contributed by atoms with Crippen molar-refractivity contribution in [2.45, 2.75) is 44.7 Å². The van der Waals surface area contributed by atoms with Crippen LogP contribution in [-0.4, -0.2) is 10.2 Å². The Bertz CT molecular complexity index is 586. The van der Waals surface area contributed by atoms with Crippen LogP contribution < -0.4 is 18.1 Å². The molecule has 0 aliphatic carbocycles. The van der Waals surface area contributed by atoms with Gasteiger partial charge in [0.2, 0.25) is 5.89 Å². The molecule has 116 valence electrons. The van der Waals surface area contributed by atoms with Crippen LogP contribution >= 0.6 is 11.8 Å². The molecular formula is C15H21ClN3OS-. The van der Waals surface area contributed by atoms with E-state index >= 15 is 0 Å². The maximum atomic E-state index is 6.00. The molecule has 0 amide bonds. The lowest BCUT2D eigenvalue weighted by Crippen LogP contribution is -3.00. The minimum atomic E-state index is -0.197. The molecule has 1 aromatic heterocycles. The second-order valence-electron chi connectivity index (χ2n) is 5.39. The van der Waals surface area contributed by atoms with Gasteiger partial charge in [0, 0.05) is 5.75 Å². The van der Waals surface area contributed by atoms with Crippen molar-refractivity contribution in [1.29, 1.82) is 0 Å². The molecule has 2 N–H and O–H groups in total. The standard InChI is InChI=1S/C15H21N3OS.ClH/c1-9(2)13(16)14-17-18-15(19-14)20-8-12-7-10(3)5-6-11(12)4;/h5-7,9,13H,8,16H2,1-4H3;1H/p-1/t13-;/m0./s1. The van der Waals surface area contributed by atoms with Gasteiger partial charge in [0.15, 0.2) is 0 Å². The quantitative estimate of drug-likeness (QED) is 0.817. The van der Waals surface area contributed by atoms with E-state index in [4.69, 9.17) is 10.2 Å². The van der Waals surface area contributed by atoms with Crippen LogP contribution in [0.3, 0.4) is 0 Å². The fourth-order valence-corrected chi connectivity index (χ4v) is 2.63. The van der Waals surface area contributed by atoms with Gasteiger partial charge in [0.25, 0.3) is 5.22 Å². The number of nitrogens with two attached hydrogens (primary N) is 1. The van der Waals surface area contributed by atoms with Gasteiger partial charge in [-0.2, -0.15) is 0 Å². The second kappa shape index (κ2) is 7.82. The zero-order chi connectivity index (χ0) is 14.7. The Morgan fingerprint density at radius 3 is 2.62 bits per heavy atom. The van der Waals surface area contributed by atoms with Crippen molar-refractivity contribution in [2.75, 3.05) is 0 Å². The van der Waals surface area contributed by atoms with E-state index in [1.807, 2.05) is 13.8 Å². The van der Waals surface area contributed by atoms with Gasteiger partial charge >= 0.3 is 0 Å². The fraction of sp³-hybridized carbons (Fsp3) is 0.467. The SMILES string of the molecule is Cc1ccc(C)c(CSc2nnc([C@@H](N)C(C)C)o2)c1.[Cl-]. The van der Waals surface area contributed by atoms with Crippen LogP contribution in [0.15, 0.2) is 27.8 Å². The second-order valence-corrected chi connectivity index (χ2v) is 6.32. The smallest absolute Gasteiger partial charge is 0.276 e. The summed E-state index contributed by atoms with van der Waals surface area (Å²) >= 11 is 1.55. The van der Waals surface area contributed by atoms with Gasteiger partial charge < -0.3 is 22.6 Å². The van der Waals surface area contributed by atoms with Gasteiger partial charge in [-0.05, 0) is 30.9 Å². The third-order valence-electron chi connectivity index (χ3n) is 3.28. The Morgan fingerprint density at radius 1 is 1.24 bits per heavy atom. The Labute approximate surface area is 136 Å². The lowest BCUT2D eigenvalue weighted by molar-refractivity contribution is -0.00000517. The summed E-state index contributed by atoms with van der Waals surface area (Å²) in [5, 5.41) is 8.66. The number of nitrogens with zero attached hydrogens (tertiary/aromatic N) is 2. The predicted molar refractivity (Wildman–Crippen MR) is 81.5 cm³/mol. The Kier molecular flexibility index (Phi) is 6.71. The minimum Gasteiger partial charge on any atom is -1.00 e. The summed E-state index contributed by atoms with van der Waals surface area (Å²) in [4.78, 5) is 0. The van der Waals surface area contributed by atoms with Crippen molar-refractivity contribution in [3.63, 3.8) is 0 Å². The Hall–Kier alpha value is -1.04. The first-order valence-electron chi connectivity index (χ1n) is 6.75. The first-order chi connectivity index (χ1) is 9.47. The molecule has 0 radical (unpaired) electrons. The molecular weight excluding hydrogens is 306 g/mol. The van der Waals surface area contributed by atoms with E-state index in [1.54, 1.807) is 11.8 Å². The van der Waals surface area contributed by atoms with Gasteiger partial charge in [-0.1, -0.05) is 49.4 Å². The van der Waals surface area contributed by atoms with Crippen molar-refractivity contribution in [3.05, 3.63) is 40.8 Å². The summed E-state index contributed by atoms with van der Waals surface area (Å²) in [5.41, 5.74) is 9.83. The molecule has 0 saturated heterocycles. The topological polar surface area (TPSA) is 64.9 Å². The number of halogens is 1.